The number of nitrogens with one attached hydrogen (secondary N) is 2. The Balaban J connectivity index is 2.73. The molecule has 15 heavy (non-hydrogen) atoms. The van der Waals surface area contributed by atoms with Gasteiger partial charge < -0.3 is 5.73 Å². The lowest BCUT2D eigenvalue weighted by molar-refractivity contribution is 0.593. The van der Waals surface area contributed by atoms with Crippen LogP contribution < -0.4 is 15.2 Å². The molecule has 0 fully saturated rings. The quantitative estimate of drug-likeness (QED) is 0.667. The van der Waals surface area contributed by atoms with Crippen molar-refractivity contribution in [3.05, 3.63) is 29.8 Å². The smallest absolute Gasteiger partial charge is 0.298 e. The number of anilines is 1. The highest BCUT2D eigenvalue weighted by atomic mass is 32.2. The van der Waals surface area contributed by atoms with Gasteiger partial charge in [0.25, 0.3) is 10.2 Å². The molecule has 0 unspecified atom stereocenters. The zero-order valence-electron chi connectivity index (χ0n) is 8.53. The Kier molecular flexibility index (Phi) is 4.07. The molecule has 84 valence electrons. The van der Waals surface area contributed by atoms with Crippen molar-refractivity contribution in [2.45, 2.75) is 6.42 Å². The van der Waals surface area contributed by atoms with Crippen LogP contribution in [0.2, 0.25) is 0 Å². The highest BCUT2D eigenvalue weighted by Gasteiger charge is 2.05. The summed E-state index contributed by atoms with van der Waals surface area (Å²) in [5.41, 5.74) is 7.02. The van der Waals surface area contributed by atoms with Gasteiger partial charge in [0, 0.05) is 12.7 Å². The van der Waals surface area contributed by atoms with Gasteiger partial charge in [-0.25, -0.2) is 4.72 Å². The fourth-order valence-electron chi connectivity index (χ4n) is 1.11. The van der Waals surface area contributed by atoms with Crippen molar-refractivity contribution in [1.82, 2.24) is 4.72 Å². The van der Waals surface area contributed by atoms with E-state index in [1.165, 1.54) is 7.05 Å². The number of nitrogens with two attached hydrogens (primary N) is 1. The normalized spacial score (nSPS) is 11.3. The predicted molar refractivity (Wildman–Crippen MR) is 60.8 cm³/mol. The lowest BCUT2D eigenvalue weighted by atomic mass is 10.1. The highest BCUT2D eigenvalue weighted by Crippen LogP contribution is 2.10. The van der Waals surface area contributed by atoms with Crippen molar-refractivity contribution in [3.63, 3.8) is 0 Å². The third-order valence-electron chi connectivity index (χ3n) is 1.91. The number of rotatable bonds is 5. The molecule has 0 aromatic heterocycles. The molecule has 0 saturated carbocycles. The van der Waals surface area contributed by atoms with E-state index in [0.29, 0.717) is 12.2 Å². The molecule has 0 bridgehead atoms. The maximum absolute atomic E-state index is 11.1. The van der Waals surface area contributed by atoms with Gasteiger partial charge in [0.2, 0.25) is 0 Å². The van der Waals surface area contributed by atoms with Gasteiger partial charge in [-0.15, -0.1) is 0 Å². The molecule has 1 rings (SSSR count). The largest absolute Gasteiger partial charge is 0.330 e. The zero-order valence-corrected chi connectivity index (χ0v) is 9.34. The summed E-state index contributed by atoms with van der Waals surface area (Å²) in [4.78, 5) is 0. The Morgan fingerprint density at radius 2 is 1.87 bits per heavy atom. The average Bonchev–Trinajstić information content (AvgIpc) is 2.21. The Hall–Kier alpha value is -1.11. The van der Waals surface area contributed by atoms with E-state index in [0.717, 1.165) is 12.0 Å². The van der Waals surface area contributed by atoms with E-state index in [4.69, 9.17) is 5.73 Å². The standard InChI is InChI=1S/C9H15N3O2S/c1-11-15(13,14)12-9-4-2-8(3-5-9)6-7-10/h2-5,11-12H,6-7,10H2,1H3. The van der Waals surface area contributed by atoms with Gasteiger partial charge in [-0.2, -0.15) is 8.42 Å². The number of hydrogen-bond acceptors (Lipinski definition) is 3. The third-order valence-corrected chi connectivity index (χ3v) is 2.95. The summed E-state index contributed by atoms with van der Waals surface area (Å²) in [6, 6.07) is 7.11. The van der Waals surface area contributed by atoms with E-state index in [9.17, 15) is 8.42 Å². The number of hydrogen-bond donors (Lipinski definition) is 3. The Morgan fingerprint density at radius 1 is 1.27 bits per heavy atom. The number of benzene rings is 1. The van der Waals surface area contributed by atoms with Crippen LogP contribution in [0.1, 0.15) is 5.56 Å². The van der Waals surface area contributed by atoms with Crippen LogP contribution in [0.3, 0.4) is 0 Å². The molecule has 0 heterocycles. The summed E-state index contributed by atoms with van der Waals surface area (Å²) < 4.78 is 26.8. The lowest BCUT2D eigenvalue weighted by Crippen LogP contribution is -2.26. The summed E-state index contributed by atoms with van der Waals surface area (Å²) in [5, 5.41) is 0. The van der Waals surface area contributed by atoms with E-state index >= 15 is 0 Å². The van der Waals surface area contributed by atoms with Gasteiger partial charge in [0.1, 0.15) is 0 Å². The minimum absolute atomic E-state index is 0.533. The second kappa shape index (κ2) is 5.11. The summed E-state index contributed by atoms with van der Waals surface area (Å²) in [6.07, 6.45) is 0.791. The summed E-state index contributed by atoms with van der Waals surface area (Å²) >= 11 is 0. The van der Waals surface area contributed by atoms with E-state index in [2.05, 4.69) is 9.44 Å². The highest BCUT2D eigenvalue weighted by molar-refractivity contribution is 7.90. The topological polar surface area (TPSA) is 84.2 Å². The minimum Gasteiger partial charge on any atom is -0.330 e. The molecule has 1 aromatic rings. The van der Waals surface area contributed by atoms with E-state index in [1.54, 1.807) is 12.1 Å². The first kappa shape index (κ1) is 12.0. The van der Waals surface area contributed by atoms with Gasteiger partial charge in [-0.1, -0.05) is 12.1 Å². The average molecular weight is 229 g/mol. The van der Waals surface area contributed by atoms with Crippen LogP contribution in [0.4, 0.5) is 5.69 Å². The first-order valence-corrected chi connectivity index (χ1v) is 6.06. The molecule has 0 saturated heterocycles. The van der Waals surface area contributed by atoms with Gasteiger partial charge >= 0.3 is 0 Å². The molecule has 0 aliphatic rings. The second-order valence-electron chi connectivity index (χ2n) is 3.05. The van der Waals surface area contributed by atoms with Crippen LogP contribution in [0.25, 0.3) is 0 Å². The molecule has 1 aromatic carbocycles. The van der Waals surface area contributed by atoms with Crippen molar-refractivity contribution in [2.24, 2.45) is 5.73 Å². The Labute approximate surface area is 89.9 Å². The monoisotopic (exact) mass is 229 g/mol. The maximum atomic E-state index is 11.1. The zero-order chi connectivity index (χ0) is 11.3. The molecule has 6 heteroatoms. The summed E-state index contributed by atoms with van der Waals surface area (Å²) in [6.45, 7) is 0.585. The van der Waals surface area contributed by atoms with Crippen molar-refractivity contribution >= 4 is 15.9 Å². The molecule has 5 nitrogen and oxygen atoms in total. The molecular weight excluding hydrogens is 214 g/mol. The third kappa shape index (κ3) is 3.86. The SMILES string of the molecule is CNS(=O)(=O)Nc1ccc(CCN)cc1. The van der Waals surface area contributed by atoms with Gasteiger partial charge in [-0.05, 0) is 30.7 Å². The molecular formula is C9H15N3O2S. The second-order valence-corrected chi connectivity index (χ2v) is 4.66. The Bertz CT molecular complexity index is 400. The van der Waals surface area contributed by atoms with Crippen molar-refractivity contribution in [3.8, 4) is 0 Å². The molecule has 0 atom stereocenters. The van der Waals surface area contributed by atoms with E-state index in [1.807, 2.05) is 12.1 Å². The van der Waals surface area contributed by atoms with Crippen LogP contribution in [-0.4, -0.2) is 22.0 Å². The van der Waals surface area contributed by atoms with Crippen LogP contribution in [0.15, 0.2) is 24.3 Å². The first-order valence-electron chi connectivity index (χ1n) is 4.57. The Morgan fingerprint density at radius 3 is 2.33 bits per heavy atom. The summed E-state index contributed by atoms with van der Waals surface area (Å²) in [7, 11) is -2.07. The van der Waals surface area contributed by atoms with Crippen molar-refractivity contribution in [2.75, 3.05) is 18.3 Å². The van der Waals surface area contributed by atoms with Gasteiger partial charge in [-0.3, -0.25) is 4.72 Å². The van der Waals surface area contributed by atoms with Crippen LogP contribution >= 0.6 is 0 Å². The molecule has 0 aliphatic carbocycles. The van der Waals surface area contributed by atoms with E-state index < -0.39 is 10.2 Å². The molecule has 0 spiro atoms. The van der Waals surface area contributed by atoms with Crippen molar-refractivity contribution < 1.29 is 8.42 Å². The summed E-state index contributed by atoms with van der Waals surface area (Å²) in [5.74, 6) is 0. The van der Waals surface area contributed by atoms with Crippen LogP contribution in [-0.2, 0) is 16.6 Å². The van der Waals surface area contributed by atoms with Crippen LogP contribution in [0.5, 0.6) is 0 Å². The first-order chi connectivity index (χ1) is 7.07. The molecule has 0 aliphatic heterocycles. The fraction of sp³-hybridized carbons (Fsp3) is 0.333. The fourth-order valence-corrected chi connectivity index (χ4v) is 1.66. The predicted octanol–water partition coefficient (Wildman–Crippen LogP) is 0.0639. The maximum Gasteiger partial charge on any atom is 0.298 e. The van der Waals surface area contributed by atoms with Crippen molar-refractivity contribution in [1.29, 1.82) is 0 Å². The van der Waals surface area contributed by atoms with Crippen LogP contribution in [0, 0.1) is 0 Å². The van der Waals surface area contributed by atoms with E-state index in [-0.39, 0.29) is 0 Å². The molecule has 0 radical (unpaired) electrons. The molecule has 4 N–H and O–H groups in total. The van der Waals surface area contributed by atoms with Gasteiger partial charge in [0.15, 0.2) is 0 Å². The van der Waals surface area contributed by atoms with Gasteiger partial charge in [0.05, 0.1) is 0 Å². The minimum atomic E-state index is -3.42. The lowest BCUT2D eigenvalue weighted by Gasteiger charge is -2.06. The molecule has 0 amide bonds.